The number of likely N-dealkylation sites (tertiary alicyclic amines) is 1. The van der Waals surface area contributed by atoms with Gasteiger partial charge in [0.1, 0.15) is 5.60 Å². The summed E-state index contributed by atoms with van der Waals surface area (Å²) in [5.41, 5.74) is 8.07. The molecule has 0 bridgehead atoms. The molecule has 1 amide bonds. The third kappa shape index (κ3) is 5.61. The van der Waals surface area contributed by atoms with E-state index in [0.29, 0.717) is 12.5 Å². The van der Waals surface area contributed by atoms with Crippen LogP contribution in [-0.2, 0) is 4.74 Å². The Morgan fingerprint density at radius 2 is 1.91 bits per heavy atom. The zero-order valence-electron chi connectivity index (χ0n) is 15.3. The molecule has 23 heavy (non-hydrogen) atoms. The average Bonchev–Trinajstić information content (AvgIpc) is 2.67. The number of hydrogen-bond acceptors (Lipinski definition) is 3. The summed E-state index contributed by atoms with van der Waals surface area (Å²) >= 11 is 0. The third-order valence-corrected chi connectivity index (χ3v) is 4.40. The molecule has 2 aliphatic rings. The lowest BCUT2D eigenvalue weighted by molar-refractivity contribution is 0.0130. The maximum absolute atomic E-state index is 12.6. The molecule has 2 fully saturated rings. The van der Waals surface area contributed by atoms with Crippen LogP contribution in [0.3, 0.4) is 0 Å². The van der Waals surface area contributed by atoms with E-state index in [-0.39, 0.29) is 18.2 Å². The van der Waals surface area contributed by atoms with Crippen molar-refractivity contribution in [1.82, 2.24) is 4.90 Å². The van der Waals surface area contributed by atoms with Crippen molar-refractivity contribution in [3.63, 3.8) is 0 Å². The summed E-state index contributed by atoms with van der Waals surface area (Å²) in [6.45, 7) is 10.00. The summed E-state index contributed by atoms with van der Waals surface area (Å²) in [5, 5.41) is 3.70. The van der Waals surface area contributed by atoms with Crippen molar-refractivity contribution < 1.29 is 9.53 Å². The molecule has 3 atom stereocenters. The highest BCUT2D eigenvalue weighted by atomic mass is 16.6. The predicted molar refractivity (Wildman–Crippen MR) is 92.2 cm³/mol. The quantitative estimate of drug-likeness (QED) is 0.393. The van der Waals surface area contributed by atoms with Crippen molar-refractivity contribution in [2.24, 2.45) is 11.0 Å². The van der Waals surface area contributed by atoms with Crippen LogP contribution in [0, 0.1) is 5.92 Å². The molecule has 1 unspecified atom stereocenters. The minimum Gasteiger partial charge on any atom is -0.444 e. The van der Waals surface area contributed by atoms with E-state index in [4.69, 9.17) is 10.3 Å². The van der Waals surface area contributed by atoms with Gasteiger partial charge in [-0.05, 0) is 51.5 Å². The maximum Gasteiger partial charge on any atom is 0.410 e. The van der Waals surface area contributed by atoms with Crippen LogP contribution >= 0.6 is 0 Å². The molecule has 0 aromatic rings. The first-order chi connectivity index (χ1) is 10.9. The van der Waals surface area contributed by atoms with Crippen LogP contribution in [-0.4, -0.2) is 35.2 Å². The lowest BCUT2D eigenvalue weighted by atomic mass is 9.94. The molecule has 6 heteroatoms. The van der Waals surface area contributed by atoms with E-state index in [9.17, 15) is 4.79 Å². The van der Waals surface area contributed by atoms with Crippen molar-refractivity contribution in [1.29, 1.82) is 0 Å². The molecule has 1 heterocycles. The highest BCUT2D eigenvalue weighted by Crippen LogP contribution is 2.39. The fraction of sp³-hybridized carbons (Fsp3) is 0.941. The minimum absolute atomic E-state index is 0.0103. The Balaban J connectivity index is 0.00000127. The van der Waals surface area contributed by atoms with Gasteiger partial charge in [0.2, 0.25) is 0 Å². The number of hydrogen-bond donors (Lipinski definition) is 0. The molecule has 0 N–H and O–H groups in total. The molecule has 0 aromatic heterocycles. The van der Waals surface area contributed by atoms with E-state index in [1.54, 1.807) is 0 Å². The summed E-state index contributed by atoms with van der Waals surface area (Å²) in [4.78, 5) is 17.3. The standard InChI is InChI=1S/C15H26N4O2.C2H6/c1-15(2,3)21-14(20)19-12(10-17-18-16)9-11-7-5-4-6-8-13(11)19;1-2/h11-13H,4-10H2,1-3H3;1-2H3/t11-,12?,13+;/m0./s1. The molecule has 6 nitrogen and oxygen atoms in total. The SMILES string of the molecule is CC.CC(C)(C)OC(=O)N1C(CN=[N+]=[N-])C[C@@H]2CCCCC[C@H]21. The summed E-state index contributed by atoms with van der Waals surface area (Å²) in [6.07, 6.45) is 6.52. The number of nitrogens with zero attached hydrogens (tertiary/aromatic N) is 4. The van der Waals surface area contributed by atoms with Gasteiger partial charge < -0.3 is 9.64 Å². The Kier molecular flexibility index (Phi) is 7.69. The number of azide groups is 1. The first kappa shape index (κ1) is 19.6. The van der Waals surface area contributed by atoms with Crippen LogP contribution in [0.2, 0.25) is 0 Å². The van der Waals surface area contributed by atoms with E-state index >= 15 is 0 Å². The van der Waals surface area contributed by atoms with E-state index < -0.39 is 5.60 Å². The lowest BCUT2D eigenvalue weighted by Crippen LogP contribution is -2.46. The molecule has 0 spiro atoms. The molecule has 132 valence electrons. The van der Waals surface area contributed by atoms with Crippen molar-refractivity contribution in [3.05, 3.63) is 10.4 Å². The Morgan fingerprint density at radius 1 is 1.26 bits per heavy atom. The first-order valence-electron chi connectivity index (χ1n) is 8.94. The highest BCUT2D eigenvalue weighted by molar-refractivity contribution is 5.69. The number of rotatable bonds is 2. The highest BCUT2D eigenvalue weighted by Gasteiger charge is 2.44. The monoisotopic (exact) mass is 324 g/mol. The van der Waals surface area contributed by atoms with Crippen LogP contribution in [0.1, 0.15) is 73.1 Å². The van der Waals surface area contributed by atoms with Gasteiger partial charge in [-0.1, -0.05) is 38.2 Å². The van der Waals surface area contributed by atoms with Gasteiger partial charge in [0, 0.05) is 23.5 Å². The lowest BCUT2D eigenvalue weighted by Gasteiger charge is -2.33. The van der Waals surface area contributed by atoms with E-state index in [2.05, 4.69) is 10.0 Å². The summed E-state index contributed by atoms with van der Waals surface area (Å²) < 4.78 is 5.57. The van der Waals surface area contributed by atoms with Crippen molar-refractivity contribution in [2.75, 3.05) is 6.54 Å². The Bertz CT molecular complexity index is 427. The topological polar surface area (TPSA) is 78.3 Å². The van der Waals surface area contributed by atoms with Gasteiger partial charge in [0.25, 0.3) is 0 Å². The second kappa shape index (κ2) is 9.02. The van der Waals surface area contributed by atoms with Gasteiger partial charge in [-0.15, -0.1) is 0 Å². The van der Waals surface area contributed by atoms with Crippen LogP contribution < -0.4 is 0 Å². The molecule has 0 aromatic carbocycles. The second-order valence-electron chi connectivity index (χ2n) is 7.16. The Labute approximate surface area is 140 Å². The molecule has 1 saturated heterocycles. The van der Waals surface area contributed by atoms with Crippen molar-refractivity contribution >= 4 is 6.09 Å². The van der Waals surface area contributed by atoms with Crippen LogP contribution in [0.25, 0.3) is 10.4 Å². The Hall–Kier alpha value is -1.42. The van der Waals surface area contributed by atoms with Gasteiger partial charge in [0.05, 0.1) is 0 Å². The molecule has 1 saturated carbocycles. The fourth-order valence-electron chi connectivity index (χ4n) is 3.63. The smallest absolute Gasteiger partial charge is 0.410 e. The molecule has 1 aliphatic heterocycles. The number of amides is 1. The maximum atomic E-state index is 12.6. The van der Waals surface area contributed by atoms with Gasteiger partial charge in [-0.25, -0.2) is 4.79 Å². The van der Waals surface area contributed by atoms with Gasteiger partial charge in [0.15, 0.2) is 0 Å². The zero-order valence-corrected chi connectivity index (χ0v) is 15.3. The van der Waals surface area contributed by atoms with E-state index in [0.717, 1.165) is 25.7 Å². The fourth-order valence-corrected chi connectivity index (χ4v) is 3.63. The van der Waals surface area contributed by atoms with Crippen LogP contribution in [0.5, 0.6) is 0 Å². The molecule has 1 aliphatic carbocycles. The van der Waals surface area contributed by atoms with Crippen LogP contribution in [0.4, 0.5) is 4.79 Å². The van der Waals surface area contributed by atoms with E-state index in [1.807, 2.05) is 39.5 Å². The first-order valence-corrected chi connectivity index (χ1v) is 8.94. The van der Waals surface area contributed by atoms with Gasteiger partial charge in [-0.2, -0.15) is 0 Å². The molecular formula is C17H32N4O2. The van der Waals surface area contributed by atoms with Crippen LogP contribution in [0.15, 0.2) is 5.11 Å². The van der Waals surface area contributed by atoms with Crippen molar-refractivity contribution in [2.45, 2.75) is 90.8 Å². The van der Waals surface area contributed by atoms with E-state index in [1.165, 1.54) is 12.8 Å². The number of ether oxygens (including phenoxy) is 1. The molecule has 2 rings (SSSR count). The van der Waals surface area contributed by atoms with Crippen molar-refractivity contribution in [3.8, 4) is 0 Å². The number of carbonyl (C=O) groups is 1. The summed E-state index contributed by atoms with van der Waals surface area (Å²) in [7, 11) is 0. The Morgan fingerprint density at radius 3 is 2.52 bits per heavy atom. The normalized spacial score (nSPS) is 27.0. The minimum atomic E-state index is -0.497. The number of fused-ring (bicyclic) bond motifs is 1. The zero-order chi connectivity index (χ0) is 17.5. The molecule has 0 radical (unpaired) electrons. The summed E-state index contributed by atoms with van der Waals surface area (Å²) in [6, 6.07) is 0.241. The second-order valence-corrected chi connectivity index (χ2v) is 7.16. The van der Waals surface area contributed by atoms with Gasteiger partial charge >= 0.3 is 6.09 Å². The summed E-state index contributed by atoms with van der Waals surface area (Å²) in [5.74, 6) is 0.527. The predicted octanol–water partition coefficient (Wildman–Crippen LogP) is 5.28. The molecular weight excluding hydrogens is 292 g/mol. The third-order valence-electron chi connectivity index (χ3n) is 4.40. The average molecular weight is 324 g/mol. The van der Waals surface area contributed by atoms with Gasteiger partial charge in [-0.3, -0.25) is 0 Å². The number of carbonyl (C=O) groups excluding carboxylic acids is 1. The largest absolute Gasteiger partial charge is 0.444 e.